The van der Waals surface area contributed by atoms with Gasteiger partial charge in [-0.3, -0.25) is 4.79 Å². The third kappa shape index (κ3) is 5.33. The van der Waals surface area contributed by atoms with Crippen molar-refractivity contribution in [3.05, 3.63) is 54.1 Å². The predicted molar refractivity (Wildman–Crippen MR) is 92.1 cm³/mol. The van der Waals surface area contributed by atoms with Crippen molar-refractivity contribution in [2.75, 3.05) is 11.9 Å². The van der Waals surface area contributed by atoms with Crippen LogP contribution < -0.4 is 14.8 Å². The van der Waals surface area contributed by atoms with Gasteiger partial charge >= 0.3 is 0 Å². The van der Waals surface area contributed by atoms with Gasteiger partial charge < -0.3 is 14.8 Å². The second-order valence-electron chi connectivity index (χ2n) is 5.47. The van der Waals surface area contributed by atoms with Crippen molar-refractivity contribution in [1.29, 1.82) is 0 Å². The molecule has 0 saturated carbocycles. The Morgan fingerprint density at radius 3 is 2.70 bits per heavy atom. The van der Waals surface area contributed by atoms with Gasteiger partial charge in [-0.1, -0.05) is 31.2 Å². The fraction of sp³-hybridized carbons (Fsp3) is 0.316. The van der Waals surface area contributed by atoms with Gasteiger partial charge in [-0.05, 0) is 44.0 Å². The van der Waals surface area contributed by atoms with E-state index in [2.05, 4.69) is 12.2 Å². The molecule has 0 aliphatic rings. The monoisotopic (exact) mass is 313 g/mol. The van der Waals surface area contributed by atoms with Crippen LogP contribution in [0, 0.1) is 6.92 Å². The maximum Gasteiger partial charge on any atom is 0.262 e. The van der Waals surface area contributed by atoms with Gasteiger partial charge in [0, 0.05) is 11.8 Å². The Labute approximate surface area is 137 Å². The van der Waals surface area contributed by atoms with Gasteiger partial charge in [-0.2, -0.15) is 0 Å². The lowest BCUT2D eigenvalue weighted by Gasteiger charge is -2.14. The van der Waals surface area contributed by atoms with Crippen LogP contribution in [0.1, 0.15) is 25.8 Å². The molecule has 1 amide bonds. The Kier molecular flexibility index (Phi) is 6.03. The van der Waals surface area contributed by atoms with Gasteiger partial charge in [-0.15, -0.1) is 0 Å². The van der Waals surface area contributed by atoms with Gasteiger partial charge in [-0.25, -0.2) is 0 Å². The highest BCUT2D eigenvalue weighted by Gasteiger charge is 2.07. The number of amides is 1. The van der Waals surface area contributed by atoms with E-state index < -0.39 is 0 Å². The van der Waals surface area contributed by atoms with Crippen LogP contribution in [-0.4, -0.2) is 18.6 Å². The molecule has 0 heterocycles. The van der Waals surface area contributed by atoms with E-state index in [-0.39, 0.29) is 18.6 Å². The number of aryl methyl sites for hydroxylation is 1. The van der Waals surface area contributed by atoms with Crippen LogP contribution in [0.25, 0.3) is 0 Å². The van der Waals surface area contributed by atoms with Crippen LogP contribution in [0.5, 0.6) is 11.5 Å². The number of nitrogens with one attached hydrogen (secondary N) is 1. The highest BCUT2D eigenvalue weighted by atomic mass is 16.5. The standard InChI is InChI=1S/C19H23NO3/c1-4-15(3)23-17-10-7-9-16(12-17)20-19(21)13-22-18-11-6-5-8-14(18)2/h5-12,15H,4,13H2,1-3H3,(H,20,21). The van der Waals surface area contributed by atoms with Gasteiger partial charge in [0.1, 0.15) is 11.5 Å². The van der Waals surface area contributed by atoms with E-state index in [4.69, 9.17) is 9.47 Å². The van der Waals surface area contributed by atoms with E-state index in [1.807, 2.05) is 62.4 Å². The summed E-state index contributed by atoms with van der Waals surface area (Å²) < 4.78 is 11.3. The maximum atomic E-state index is 12.0. The molecule has 0 aliphatic carbocycles. The number of hydrogen-bond acceptors (Lipinski definition) is 3. The lowest BCUT2D eigenvalue weighted by molar-refractivity contribution is -0.118. The van der Waals surface area contributed by atoms with Crippen LogP contribution in [0.3, 0.4) is 0 Å². The summed E-state index contributed by atoms with van der Waals surface area (Å²) in [5.41, 5.74) is 1.70. The van der Waals surface area contributed by atoms with E-state index >= 15 is 0 Å². The number of carbonyl (C=O) groups is 1. The molecule has 4 heteroatoms. The average Bonchev–Trinajstić information content (AvgIpc) is 2.54. The number of para-hydroxylation sites is 1. The molecule has 2 aromatic rings. The van der Waals surface area contributed by atoms with Crippen LogP contribution >= 0.6 is 0 Å². The molecular weight excluding hydrogens is 290 g/mol. The predicted octanol–water partition coefficient (Wildman–Crippen LogP) is 4.19. The van der Waals surface area contributed by atoms with E-state index in [1.54, 1.807) is 0 Å². The minimum absolute atomic E-state index is 0.0265. The van der Waals surface area contributed by atoms with Gasteiger partial charge in [0.25, 0.3) is 5.91 Å². The Morgan fingerprint density at radius 1 is 1.17 bits per heavy atom. The van der Waals surface area contributed by atoms with Crippen molar-refractivity contribution < 1.29 is 14.3 Å². The molecule has 23 heavy (non-hydrogen) atoms. The lowest BCUT2D eigenvalue weighted by atomic mass is 10.2. The number of hydrogen-bond donors (Lipinski definition) is 1. The van der Waals surface area contributed by atoms with E-state index in [9.17, 15) is 4.79 Å². The molecule has 0 aromatic heterocycles. The quantitative estimate of drug-likeness (QED) is 0.833. The molecule has 122 valence electrons. The first-order chi connectivity index (χ1) is 11.1. The van der Waals surface area contributed by atoms with E-state index in [1.165, 1.54) is 0 Å². The van der Waals surface area contributed by atoms with Crippen molar-refractivity contribution in [3.8, 4) is 11.5 Å². The normalized spacial score (nSPS) is 11.6. The van der Waals surface area contributed by atoms with Crippen molar-refractivity contribution in [3.63, 3.8) is 0 Å². The fourth-order valence-corrected chi connectivity index (χ4v) is 2.02. The topological polar surface area (TPSA) is 47.6 Å². The minimum atomic E-state index is -0.200. The number of benzene rings is 2. The molecule has 2 rings (SSSR count). The van der Waals surface area contributed by atoms with E-state index in [0.717, 1.165) is 23.5 Å². The summed E-state index contributed by atoms with van der Waals surface area (Å²) in [4.78, 5) is 12.0. The maximum absolute atomic E-state index is 12.0. The molecule has 0 aliphatic heterocycles. The van der Waals surface area contributed by atoms with Gasteiger partial charge in [0.2, 0.25) is 0 Å². The van der Waals surface area contributed by atoms with Crippen LogP contribution in [-0.2, 0) is 4.79 Å². The Balaban J connectivity index is 1.90. The summed E-state index contributed by atoms with van der Waals surface area (Å²) in [6.45, 7) is 6.00. The first-order valence-electron chi connectivity index (χ1n) is 7.83. The SMILES string of the molecule is CCC(C)Oc1cccc(NC(=O)COc2ccccc2C)c1. The fourth-order valence-electron chi connectivity index (χ4n) is 2.02. The van der Waals surface area contributed by atoms with Crippen LogP contribution in [0.2, 0.25) is 0 Å². The first kappa shape index (κ1) is 16.9. The van der Waals surface area contributed by atoms with Crippen molar-refractivity contribution in [2.24, 2.45) is 0 Å². The molecule has 0 bridgehead atoms. The molecule has 1 N–H and O–H groups in total. The Hall–Kier alpha value is -2.49. The van der Waals surface area contributed by atoms with Crippen molar-refractivity contribution in [1.82, 2.24) is 0 Å². The van der Waals surface area contributed by atoms with E-state index in [0.29, 0.717) is 5.69 Å². The van der Waals surface area contributed by atoms with Crippen molar-refractivity contribution in [2.45, 2.75) is 33.3 Å². The summed E-state index contributed by atoms with van der Waals surface area (Å²) in [6, 6.07) is 15.0. The first-order valence-corrected chi connectivity index (χ1v) is 7.83. The Bertz CT molecular complexity index is 655. The molecular formula is C19H23NO3. The molecule has 1 atom stereocenters. The summed E-state index contributed by atoms with van der Waals surface area (Å²) in [6.07, 6.45) is 1.08. The summed E-state index contributed by atoms with van der Waals surface area (Å²) in [5, 5.41) is 2.82. The molecule has 4 nitrogen and oxygen atoms in total. The largest absolute Gasteiger partial charge is 0.491 e. The molecule has 0 fully saturated rings. The molecule has 0 spiro atoms. The molecule has 2 aromatic carbocycles. The van der Waals surface area contributed by atoms with Gasteiger partial charge in [0.15, 0.2) is 6.61 Å². The molecule has 0 saturated heterocycles. The zero-order chi connectivity index (χ0) is 16.7. The molecule has 1 unspecified atom stereocenters. The summed E-state index contributed by atoms with van der Waals surface area (Å²) in [7, 11) is 0. The third-order valence-electron chi connectivity index (χ3n) is 3.48. The highest BCUT2D eigenvalue weighted by molar-refractivity contribution is 5.92. The number of carbonyl (C=O) groups excluding carboxylic acids is 1. The van der Waals surface area contributed by atoms with Crippen LogP contribution in [0.4, 0.5) is 5.69 Å². The number of anilines is 1. The Morgan fingerprint density at radius 2 is 1.96 bits per heavy atom. The average molecular weight is 313 g/mol. The van der Waals surface area contributed by atoms with Crippen LogP contribution in [0.15, 0.2) is 48.5 Å². The lowest BCUT2D eigenvalue weighted by Crippen LogP contribution is -2.20. The summed E-state index contributed by atoms with van der Waals surface area (Å²) >= 11 is 0. The summed E-state index contributed by atoms with van der Waals surface area (Å²) in [5.74, 6) is 1.27. The second-order valence-corrected chi connectivity index (χ2v) is 5.47. The zero-order valence-electron chi connectivity index (χ0n) is 13.8. The molecule has 0 radical (unpaired) electrons. The smallest absolute Gasteiger partial charge is 0.262 e. The second kappa shape index (κ2) is 8.22. The minimum Gasteiger partial charge on any atom is -0.491 e. The van der Waals surface area contributed by atoms with Crippen molar-refractivity contribution >= 4 is 11.6 Å². The zero-order valence-corrected chi connectivity index (χ0v) is 13.8. The third-order valence-corrected chi connectivity index (χ3v) is 3.48. The van der Waals surface area contributed by atoms with Gasteiger partial charge in [0.05, 0.1) is 6.10 Å². The highest BCUT2D eigenvalue weighted by Crippen LogP contribution is 2.20. The number of rotatable bonds is 7. The number of ether oxygens (including phenoxy) is 2.